The standard InChI is InChI=1S/C15H23N3O4S.ClH/c1-22-12-14(16)15(19)17-8-5-9-18(11-10-17)23(20,21)13-6-3-2-4-7-13;/h2-4,6-7,14H,5,8-12,16H2,1H3;1H. The van der Waals surface area contributed by atoms with Crippen LogP contribution in [0.5, 0.6) is 0 Å². The van der Waals surface area contributed by atoms with E-state index in [0.717, 1.165) is 0 Å². The van der Waals surface area contributed by atoms with Gasteiger partial charge in [-0.2, -0.15) is 4.31 Å². The summed E-state index contributed by atoms with van der Waals surface area (Å²) in [7, 11) is -2.04. The fourth-order valence-corrected chi connectivity index (χ4v) is 4.07. The molecular formula is C15H24ClN3O4S. The largest absolute Gasteiger partial charge is 0.383 e. The highest BCUT2D eigenvalue weighted by molar-refractivity contribution is 7.89. The molecule has 0 bridgehead atoms. The first-order chi connectivity index (χ1) is 11.0. The number of hydrogen-bond acceptors (Lipinski definition) is 5. The number of ether oxygens (including phenoxy) is 1. The van der Waals surface area contributed by atoms with Crippen molar-refractivity contribution < 1.29 is 17.9 Å². The molecule has 0 aliphatic carbocycles. The lowest BCUT2D eigenvalue weighted by Gasteiger charge is -2.24. The van der Waals surface area contributed by atoms with Crippen LogP contribution in [0.2, 0.25) is 0 Å². The van der Waals surface area contributed by atoms with Crippen molar-refractivity contribution in [1.82, 2.24) is 9.21 Å². The van der Waals surface area contributed by atoms with Gasteiger partial charge < -0.3 is 15.4 Å². The normalized spacial score (nSPS) is 17.7. The van der Waals surface area contributed by atoms with Crippen molar-refractivity contribution in [3.63, 3.8) is 0 Å². The van der Waals surface area contributed by atoms with Gasteiger partial charge in [-0.15, -0.1) is 12.4 Å². The van der Waals surface area contributed by atoms with Crippen LogP contribution in [0, 0.1) is 0 Å². The van der Waals surface area contributed by atoms with E-state index in [1.54, 1.807) is 35.2 Å². The van der Waals surface area contributed by atoms with Crippen molar-refractivity contribution >= 4 is 28.3 Å². The number of benzene rings is 1. The second-order valence-corrected chi connectivity index (χ2v) is 7.40. The van der Waals surface area contributed by atoms with Crippen LogP contribution >= 0.6 is 12.4 Å². The van der Waals surface area contributed by atoms with Crippen LogP contribution in [-0.2, 0) is 19.6 Å². The van der Waals surface area contributed by atoms with Gasteiger partial charge in [0.15, 0.2) is 0 Å². The van der Waals surface area contributed by atoms with E-state index >= 15 is 0 Å². The predicted octanol–water partition coefficient (Wildman–Crippen LogP) is 0.305. The summed E-state index contributed by atoms with van der Waals surface area (Å²) < 4.78 is 31.6. The molecule has 1 unspecified atom stereocenters. The number of carbonyl (C=O) groups is 1. The van der Waals surface area contributed by atoms with E-state index in [-0.39, 0.29) is 36.4 Å². The zero-order valence-corrected chi connectivity index (χ0v) is 15.3. The van der Waals surface area contributed by atoms with Gasteiger partial charge in [0.25, 0.3) is 0 Å². The monoisotopic (exact) mass is 377 g/mol. The van der Waals surface area contributed by atoms with Crippen LogP contribution in [0.4, 0.5) is 0 Å². The Morgan fingerprint density at radius 3 is 2.50 bits per heavy atom. The summed E-state index contributed by atoms with van der Waals surface area (Å²) in [6.45, 7) is 1.64. The topological polar surface area (TPSA) is 92.9 Å². The lowest BCUT2D eigenvalue weighted by atomic mass is 10.2. The zero-order valence-electron chi connectivity index (χ0n) is 13.6. The predicted molar refractivity (Wildman–Crippen MR) is 93.5 cm³/mol. The average molecular weight is 378 g/mol. The van der Waals surface area contributed by atoms with Gasteiger partial charge in [-0.05, 0) is 18.6 Å². The number of halogens is 1. The number of hydrogen-bond donors (Lipinski definition) is 1. The second kappa shape index (κ2) is 9.33. The summed E-state index contributed by atoms with van der Waals surface area (Å²) in [6, 6.07) is 7.63. The van der Waals surface area contributed by atoms with Crippen LogP contribution in [0.1, 0.15) is 6.42 Å². The third kappa shape index (κ3) is 4.90. The number of sulfonamides is 1. The molecule has 0 spiro atoms. The Morgan fingerprint density at radius 1 is 1.21 bits per heavy atom. The molecule has 1 atom stereocenters. The van der Waals surface area contributed by atoms with Gasteiger partial charge in [0, 0.05) is 33.3 Å². The number of nitrogens with zero attached hydrogens (tertiary/aromatic N) is 2. The van der Waals surface area contributed by atoms with E-state index in [4.69, 9.17) is 10.5 Å². The third-order valence-corrected chi connectivity index (χ3v) is 5.72. The van der Waals surface area contributed by atoms with Crippen molar-refractivity contribution in [2.45, 2.75) is 17.4 Å². The molecule has 136 valence electrons. The van der Waals surface area contributed by atoms with Crippen molar-refractivity contribution in [1.29, 1.82) is 0 Å². The van der Waals surface area contributed by atoms with E-state index in [2.05, 4.69) is 0 Å². The summed E-state index contributed by atoms with van der Waals surface area (Å²) in [4.78, 5) is 14.1. The van der Waals surface area contributed by atoms with Crippen LogP contribution in [0.3, 0.4) is 0 Å². The Hall–Kier alpha value is -1.19. The fourth-order valence-electron chi connectivity index (χ4n) is 2.58. The van der Waals surface area contributed by atoms with Crippen molar-refractivity contribution in [2.75, 3.05) is 39.9 Å². The maximum Gasteiger partial charge on any atom is 0.243 e. The van der Waals surface area contributed by atoms with Gasteiger partial charge in [0.1, 0.15) is 6.04 Å². The molecule has 0 radical (unpaired) electrons. The molecule has 1 fully saturated rings. The highest BCUT2D eigenvalue weighted by Gasteiger charge is 2.29. The molecule has 1 aromatic rings. The highest BCUT2D eigenvalue weighted by Crippen LogP contribution is 2.17. The summed E-state index contributed by atoms with van der Waals surface area (Å²) in [6.07, 6.45) is 0.581. The Labute approximate surface area is 149 Å². The highest BCUT2D eigenvalue weighted by atomic mass is 35.5. The zero-order chi connectivity index (χ0) is 16.9. The van der Waals surface area contributed by atoms with Crippen molar-refractivity contribution in [3.8, 4) is 0 Å². The summed E-state index contributed by atoms with van der Waals surface area (Å²) in [5.74, 6) is -0.203. The minimum atomic E-state index is -3.53. The van der Waals surface area contributed by atoms with Crippen LogP contribution in [-0.4, -0.2) is 69.5 Å². The minimum absolute atomic E-state index is 0. The van der Waals surface area contributed by atoms with Crippen LogP contribution < -0.4 is 5.73 Å². The van der Waals surface area contributed by atoms with E-state index < -0.39 is 16.1 Å². The van der Waals surface area contributed by atoms with Crippen LogP contribution in [0.25, 0.3) is 0 Å². The lowest BCUT2D eigenvalue weighted by molar-refractivity contribution is -0.133. The first kappa shape index (κ1) is 20.9. The molecule has 7 nitrogen and oxygen atoms in total. The molecule has 24 heavy (non-hydrogen) atoms. The smallest absolute Gasteiger partial charge is 0.243 e. The molecule has 1 heterocycles. The quantitative estimate of drug-likeness (QED) is 0.796. The van der Waals surface area contributed by atoms with Gasteiger partial charge in [-0.3, -0.25) is 4.79 Å². The molecule has 2 N–H and O–H groups in total. The second-order valence-electron chi connectivity index (χ2n) is 5.46. The van der Waals surface area contributed by atoms with E-state index in [1.807, 2.05) is 0 Å². The Balaban J connectivity index is 0.00000288. The molecule has 1 amide bonds. The molecule has 1 saturated heterocycles. The van der Waals surface area contributed by atoms with E-state index in [1.165, 1.54) is 11.4 Å². The van der Waals surface area contributed by atoms with Crippen LogP contribution in [0.15, 0.2) is 35.2 Å². The Bertz CT molecular complexity index is 627. The molecule has 1 aliphatic rings. The van der Waals surface area contributed by atoms with Crippen molar-refractivity contribution in [2.24, 2.45) is 5.73 Å². The summed E-state index contributed by atoms with van der Waals surface area (Å²) in [5, 5.41) is 0. The van der Waals surface area contributed by atoms with E-state index in [0.29, 0.717) is 26.1 Å². The maximum absolute atomic E-state index is 12.6. The fraction of sp³-hybridized carbons (Fsp3) is 0.533. The number of nitrogens with two attached hydrogens (primary N) is 1. The molecule has 0 saturated carbocycles. The maximum atomic E-state index is 12.6. The third-order valence-electron chi connectivity index (χ3n) is 3.81. The molecular weight excluding hydrogens is 354 g/mol. The van der Waals surface area contributed by atoms with E-state index in [9.17, 15) is 13.2 Å². The minimum Gasteiger partial charge on any atom is -0.383 e. The first-order valence-corrected chi connectivity index (χ1v) is 8.99. The number of amides is 1. The molecule has 9 heteroatoms. The van der Waals surface area contributed by atoms with Gasteiger partial charge in [0.05, 0.1) is 11.5 Å². The SMILES string of the molecule is COCC(N)C(=O)N1CCCN(S(=O)(=O)c2ccccc2)CC1.Cl. The average Bonchev–Trinajstić information content (AvgIpc) is 2.81. The van der Waals surface area contributed by atoms with Gasteiger partial charge in [-0.25, -0.2) is 8.42 Å². The molecule has 1 aliphatic heterocycles. The number of methoxy groups -OCH3 is 1. The molecule has 2 rings (SSSR count). The number of rotatable bonds is 5. The van der Waals surface area contributed by atoms with Gasteiger partial charge in [-0.1, -0.05) is 18.2 Å². The molecule has 0 aromatic heterocycles. The van der Waals surface area contributed by atoms with Crippen molar-refractivity contribution in [3.05, 3.63) is 30.3 Å². The van der Waals surface area contributed by atoms with Gasteiger partial charge >= 0.3 is 0 Å². The Kier molecular flexibility index (Phi) is 8.11. The lowest BCUT2D eigenvalue weighted by Crippen LogP contribution is -2.47. The Morgan fingerprint density at radius 2 is 1.88 bits per heavy atom. The summed E-state index contributed by atoms with van der Waals surface area (Å²) in [5.41, 5.74) is 5.77. The van der Waals surface area contributed by atoms with Gasteiger partial charge in [0.2, 0.25) is 15.9 Å². The first-order valence-electron chi connectivity index (χ1n) is 7.55. The molecule has 1 aromatic carbocycles. The number of carbonyl (C=O) groups excluding carboxylic acids is 1. The summed E-state index contributed by atoms with van der Waals surface area (Å²) >= 11 is 0.